The Bertz CT molecular complexity index is 807. The number of ether oxygens (including phenoxy) is 2. The maximum Gasteiger partial charge on any atom is 0.235 e. The van der Waals surface area contributed by atoms with E-state index in [2.05, 4.69) is 15.6 Å². The van der Waals surface area contributed by atoms with Crippen LogP contribution in [0.4, 0.5) is 0 Å². The molecule has 0 aliphatic heterocycles. The molecule has 0 aliphatic rings. The number of rotatable bonds is 9. The molecule has 0 radical (unpaired) electrons. The predicted octanol–water partition coefficient (Wildman–Crippen LogP) is 2.10. The van der Waals surface area contributed by atoms with Gasteiger partial charge < -0.3 is 20.1 Å². The smallest absolute Gasteiger partial charge is 0.235 e. The third-order valence-electron chi connectivity index (χ3n) is 4.48. The van der Waals surface area contributed by atoms with Gasteiger partial charge in [0.1, 0.15) is 5.41 Å². The Labute approximate surface area is 165 Å². The molecule has 28 heavy (non-hydrogen) atoms. The number of nitrogens with one attached hydrogen (secondary N) is 2. The highest BCUT2D eigenvalue weighted by atomic mass is 16.5. The van der Waals surface area contributed by atoms with Gasteiger partial charge in [0.25, 0.3) is 0 Å². The lowest BCUT2D eigenvalue weighted by Gasteiger charge is -2.22. The second kappa shape index (κ2) is 9.73. The molecule has 7 nitrogen and oxygen atoms in total. The summed E-state index contributed by atoms with van der Waals surface area (Å²) in [5.41, 5.74) is 0.746. The Morgan fingerprint density at radius 2 is 1.57 bits per heavy atom. The fourth-order valence-corrected chi connectivity index (χ4v) is 2.58. The van der Waals surface area contributed by atoms with E-state index in [1.54, 1.807) is 40.5 Å². The van der Waals surface area contributed by atoms with Gasteiger partial charge in [0.05, 0.1) is 14.2 Å². The predicted molar refractivity (Wildman–Crippen MR) is 106 cm³/mol. The molecule has 0 aliphatic carbocycles. The first-order valence-corrected chi connectivity index (χ1v) is 9.05. The number of amides is 2. The number of hydrogen-bond acceptors (Lipinski definition) is 5. The van der Waals surface area contributed by atoms with Crippen molar-refractivity contribution in [2.75, 3.05) is 20.8 Å². The Kier molecular flexibility index (Phi) is 7.37. The van der Waals surface area contributed by atoms with Crippen LogP contribution < -0.4 is 20.1 Å². The van der Waals surface area contributed by atoms with Gasteiger partial charge in [-0.2, -0.15) is 0 Å². The Morgan fingerprint density at radius 3 is 2.21 bits per heavy atom. The molecule has 2 amide bonds. The molecule has 150 valence electrons. The monoisotopic (exact) mass is 385 g/mol. The van der Waals surface area contributed by atoms with Gasteiger partial charge in [0.2, 0.25) is 11.8 Å². The zero-order valence-electron chi connectivity index (χ0n) is 16.7. The van der Waals surface area contributed by atoms with E-state index in [0.29, 0.717) is 31.0 Å². The molecule has 1 aromatic carbocycles. The first-order chi connectivity index (χ1) is 13.4. The quantitative estimate of drug-likeness (QED) is 0.645. The minimum Gasteiger partial charge on any atom is -0.493 e. The van der Waals surface area contributed by atoms with Crippen LogP contribution in [0.1, 0.15) is 25.0 Å². The van der Waals surface area contributed by atoms with Crippen molar-refractivity contribution in [1.82, 2.24) is 15.6 Å². The van der Waals surface area contributed by atoms with Crippen LogP contribution in [0.2, 0.25) is 0 Å². The number of hydrogen-bond donors (Lipinski definition) is 2. The van der Waals surface area contributed by atoms with E-state index in [1.807, 2.05) is 30.3 Å². The Balaban J connectivity index is 1.86. The summed E-state index contributed by atoms with van der Waals surface area (Å²) in [5, 5.41) is 5.63. The summed E-state index contributed by atoms with van der Waals surface area (Å²) in [5.74, 6) is 0.651. The molecule has 0 bridgehead atoms. The molecule has 1 heterocycles. The number of methoxy groups -OCH3 is 2. The summed E-state index contributed by atoms with van der Waals surface area (Å²) in [4.78, 5) is 28.9. The maximum atomic E-state index is 12.5. The van der Waals surface area contributed by atoms with Crippen LogP contribution >= 0.6 is 0 Å². The molecular weight excluding hydrogens is 358 g/mol. The highest BCUT2D eigenvalue weighted by Crippen LogP contribution is 2.27. The lowest BCUT2D eigenvalue weighted by molar-refractivity contribution is -0.141. The van der Waals surface area contributed by atoms with E-state index in [-0.39, 0.29) is 11.8 Å². The number of benzene rings is 1. The number of carbonyl (C=O) groups excluding carboxylic acids is 2. The Hall–Kier alpha value is -3.09. The number of pyridine rings is 1. The molecule has 0 saturated carbocycles. The molecule has 0 fully saturated rings. The van der Waals surface area contributed by atoms with Gasteiger partial charge in [-0.15, -0.1) is 0 Å². The van der Waals surface area contributed by atoms with Crippen LogP contribution in [0.25, 0.3) is 0 Å². The molecule has 0 atom stereocenters. The van der Waals surface area contributed by atoms with Gasteiger partial charge in [0.15, 0.2) is 11.5 Å². The second-order valence-electron chi connectivity index (χ2n) is 6.86. The standard InChI is InChI=1S/C21H27N3O4/c1-21(2,20(26)24-14-16-7-10-22-11-8-16)19(25)23-12-9-15-5-6-17(27-3)18(13-15)28-4/h5-8,10-11,13H,9,12,14H2,1-4H3,(H,23,25)(H,24,26). The molecule has 1 aromatic heterocycles. The average molecular weight is 385 g/mol. The summed E-state index contributed by atoms with van der Waals surface area (Å²) in [6.45, 7) is 3.99. The fourth-order valence-electron chi connectivity index (χ4n) is 2.58. The van der Waals surface area contributed by atoms with E-state index in [1.165, 1.54) is 0 Å². The van der Waals surface area contributed by atoms with E-state index < -0.39 is 5.41 Å². The summed E-state index contributed by atoms with van der Waals surface area (Å²) >= 11 is 0. The minimum absolute atomic E-state index is 0.319. The lowest BCUT2D eigenvalue weighted by atomic mass is 9.91. The number of carbonyl (C=O) groups is 2. The van der Waals surface area contributed by atoms with Gasteiger partial charge in [0, 0.05) is 25.5 Å². The molecule has 0 spiro atoms. The van der Waals surface area contributed by atoms with E-state index >= 15 is 0 Å². The van der Waals surface area contributed by atoms with Crippen molar-refractivity contribution in [1.29, 1.82) is 0 Å². The van der Waals surface area contributed by atoms with Crippen molar-refractivity contribution in [2.24, 2.45) is 5.41 Å². The van der Waals surface area contributed by atoms with Crippen molar-refractivity contribution in [2.45, 2.75) is 26.8 Å². The maximum absolute atomic E-state index is 12.5. The van der Waals surface area contributed by atoms with Crippen LogP contribution in [0, 0.1) is 5.41 Å². The van der Waals surface area contributed by atoms with Crippen LogP contribution in [-0.4, -0.2) is 37.6 Å². The van der Waals surface area contributed by atoms with Crippen molar-refractivity contribution in [3.63, 3.8) is 0 Å². The topological polar surface area (TPSA) is 89.5 Å². The Morgan fingerprint density at radius 1 is 0.929 bits per heavy atom. The summed E-state index contributed by atoms with van der Waals surface area (Å²) < 4.78 is 10.5. The third-order valence-corrected chi connectivity index (χ3v) is 4.48. The van der Waals surface area contributed by atoms with E-state index in [0.717, 1.165) is 11.1 Å². The largest absolute Gasteiger partial charge is 0.493 e. The van der Waals surface area contributed by atoms with E-state index in [4.69, 9.17) is 9.47 Å². The molecular formula is C21H27N3O4. The highest BCUT2D eigenvalue weighted by molar-refractivity contribution is 6.04. The first kappa shape index (κ1) is 21.2. The van der Waals surface area contributed by atoms with Gasteiger partial charge in [-0.25, -0.2) is 0 Å². The van der Waals surface area contributed by atoms with Crippen LogP contribution in [0.5, 0.6) is 11.5 Å². The van der Waals surface area contributed by atoms with Gasteiger partial charge in [-0.05, 0) is 55.7 Å². The number of aromatic nitrogens is 1. The summed E-state index contributed by atoms with van der Waals surface area (Å²) in [6, 6.07) is 9.25. The molecule has 2 N–H and O–H groups in total. The average Bonchev–Trinajstić information content (AvgIpc) is 2.72. The van der Waals surface area contributed by atoms with Gasteiger partial charge in [-0.3, -0.25) is 14.6 Å². The summed E-state index contributed by atoms with van der Waals surface area (Å²) in [6.07, 6.45) is 3.93. The number of nitrogens with zero attached hydrogens (tertiary/aromatic N) is 1. The molecule has 0 saturated heterocycles. The highest BCUT2D eigenvalue weighted by Gasteiger charge is 2.35. The molecule has 7 heteroatoms. The first-order valence-electron chi connectivity index (χ1n) is 9.05. The van der Waals surface area contributed by atoms with Crippen molar-refractivity contribution < 1.29 is 19.1 Å². The van der Waals surface area contributed by atoms with Gasteiger partial charge in [-0.1, -0.05) is 6.07 Å². The fraction of sp³-hybridized carbons (Fsp3) is 0.381. The van der Waals surface area contributed by atoms with E-state index in [9.17, 15) is 9.59 Å². The van der Waals surface area contributed by atoms with Gasteiger partial charge >= 0.3 is 0 Å². The van der Waals surface area contributed by atoms with Crippen LogP contribution in [0.15, 0.2) is 42.7 Å². The molecule has 2 rings (SSSR count). The van der Waals surface area contributed by atoms with Crippen molar-refractivity contribution >= 4 is 11.8 Å². The van der Waals surface area contributed by atoms with Crippen LogP contribution in [0.3, 0.4) is 0 Å². The second-order valence-corrected chi connectivity index (χ2v) is 6.86. The van der Waals surface area contributed by atoms with Crippen molar-refractivity contribution in [3.8, 4) is 11.5 Å². The molecule has 2 aromatic rings. The zero-order chi connectivity index (χ0) is 20.6. The summed E-state index contributed by atoms with van der Waals surface area (Å²) in [7, 11) is 3.16. The van der Waals surface area contributed by atoms with Crippen molar-refractivity contribution in [3.05, 3.63) is 53.9 Å². The molecule has 0 unspecified atom stereocenters. The zero-order valence-corrected chi connectivity index (χ0v) is 16.7. The normalized spacial score (nSPS) is 10.9. The lowest BCUT2D eigenvalue weighted by Crippen LogP contribution is -2.48. The SMILES string of the molecule is COc1ccc(CCNC(=O)C(C)(C)C(=O)NCc2ccncc2)cc1OC. The van der Waals surface area contributed by atoms with Crippen LogP contribution in [-0.2, 0) is 22.6 Å². The minimum atomic E-state index is -1.18. The third kappa shape index (κ3) is 5.45.